The van der Waals surface area contributed by atoms with Crippen molar-refractivity contribution in [1.82, 2.24) is 10.2 Å². The van der Waals surface area contributed by atoms with Gasteiger partial charge >= 0.3 is 0 Å². The molecule has 0 fully saturated rings. The van der Waals surface area contributed by atoms with E-state index in [0.717, 1.165) is 21.0 Å². The van der Waals surface area contributed by atoms with E-state index in [1.54, 1.807) is 60.7 Å². The molecule has 46 heavy (non-hydrogen) atoms. The number of rotatable bonds is 14. The Labute approximate surface area is 277 Å². The molecule has 1 N–H and O–H groups in total. The summed E-state index contributed by atoms with van der Waals surface area (Å²) in [6.45, 7) is 5.84. The Hall–Kier alpha value is -4.34. The van der Waals surface area contributed by atoms with Crippen molar-refractivity contribution >= 4 is 39.1 Å². The Morgan fingerprint density at radius 1 is 0.848 bits per heavy atom. The summed E-state index contributed by atoms with van der Waals surface area (Å²) in [4.78, 5) is 29.8. The lowest BCUT2D eigenvalue weighted by atomic mass is 10.0. The standard InChI is InChI=1S/C36H40ClN3O5S/c1-26(2)23-38-36(42)34(22-28-8-6-5-7-9-28)39(24-29-12-14-30(37)15-13-29)35(41)25-40(31-16-10-27(3)11-17-31)46(43,44)33-20-18-32(45-4)19-21-33/h5-21,26,34H,22-25H2,1-4H3,(H,38,42). The minimum atomic E-state index is -4.21. The Bertz CT molecular complexity index is 1700. The lowest BCUT2D eigenvalue weighted by Gasteiger charge is -2.34. The van der Waals surface area contributed by atoms with Crippen LogP contribution in [0.4, 0.5) is 5.69 Å². The number of carbonyl (C=O) groups excluding carboxylic acids is 2. The van der Waals surface area contributed by atoms with Crippen LogP contribution in [0.5, 0.6) is 5.75 Å². The molecule has 0 saturated carbocycles. The van der Waals surface area contributed by atoms with Crippen molar-refractivity contribution in [2.24, 2.45) is 5.92 Å². The molecule has 4 aromatic rings. The number of halogens is 1. The van der Waals surface area contributed by atoms with Crippen molar-refractivity contribution < 1.29 is 22.7 Å². The number of nitrogens with zero attached hydrogens (tertiary/aromatic N) is 2. The highest BCUT2D eigenvalue weighted by Gasteiger charge is 2.34. The molecule has 1 unspecified atom stereocenters. The molecule has 4 rings (SSSR count). The lowest BCUT2D eigenvalue weighted by molar-refractivity contribution is -0.140. The summed E-state index contributed by atoms with van der Waals surface area (Å²) in [7, 11) is -2.71. The monoisotopic (exact) mass is 661 g/mol. The van der Waals surface area contributed by atoms with Gasteiger partial charge in [-0.3, -0.25) is 13.9 Å². The first kappa shape index (κ1) is 34.5. The largest absolute Gasteiger partial charge is 0.497 e. The highest BCUT2D eigenvalue weighted by Crippen LogP contribution is 2.27. The number of aryl methyl sites for hydroxylation is 1. The molecule has 10 heteroatoms. The van der Waals surface area contributed by atoms with Gasteiger partial charge in [-0.1, -0.05) is 85.6 Å². The Kier molecular flexibility index (Phi) is 11.8. The molecule has 1 atom stereocenters. The van der Waals surface area contributed by atoms with Crippen LogP contribution < -0.4 is 14.4 Å². The van der Waals surface area contributed by atoms with Gasteiger partial charge in [-0.25, -0.2) is 8.42 Å². The second kappa shape index (κ2) is 15.8. The third-order valence-corrected chi connectivity index (χ3v) is 9.51. The van der Waals surface area contributed by atoms with Gasteiger partial charge in [0.05, 0.1) is 17.7 Å². The number of carbonyl (C=O) groups is 2. The van der Waals surface area contributed by atoms with E-state index in [2.05, 4.69) is 5.32 Å². The molecule has 0 aliphatic rings. The molecular weight excluding hydrogens is 622 g/mol. The number of anilines is 1. The van der Waals surface area contributed by atoms with E-state index >= 15 is 0 Å². The predicted molar refractivity (Wildman–Crippen MR) is 182 cm³/mol. The SMILES string of the molecule is COc1ccc(S(=O)(=O)N(CC(=O)N(Cc2ccc(Cl)cc2)C(Cc2ccccc2)C(=O)NCC(C)C)c2ccc(C)cc2)cc1. The van der Waals surface area contributed by atoms with Gasteiger partial charge in [0, 0.05) is 24.5 Å². The molecule has 0 aliphatic carbocycles. The second-order valence-corrected chi connectivity index (χ2v) is 13.8. The number of amides is 2. The number of hydrogen-bond acceptors (Lipinski definition) is 5. The van der Waals surface area contributed by atoms with Crippen molar-refractivity contribution in [1.29, 1.82) is 0 Å². The van der Waals surface area contributed by atoms with Crippen molar-refractivity contribution in [3.8, 4) is 5.75 Å². The highest BCUT2D eigenvalue weighted by atomic mass is 35.5. The molecular formula is C36H40ClN3O5S. The van der Waals surface area contributed by atoms with Crippen LogP contribution in [0.2, 0.25) is 5.02 Å². The molecule has 0 aromatic heterocycles. The Balaban J connectivity index is 1.79. The Morgan fingerprint density at radius 3 is 2.07 bits per heavy atom. The van der Waals surface area contributed by atoms with Crippen molar-refractivity contribution in [3.05, 3.63) is 125 Å². The zero-order valence-corrected chi connectivity index (χ0v) is 28.1. The average molecular weight is 662 g/mol. The molecule has 4 aromatic carbocycles. The maximum atomic E-state index is 14.5. The van der Waals surface area contributed by atoms with Crippen LogP contribution in [-0.2, 0) is 32.6 Å². The summed E-state index contributed by atoms with van der Waals surface area (Å²) < 4.78 is 34.6. The van der Waals surface area contributed by atoms with Crippen LogP contribution in [0.3, 0.4) is 0 Å². The number of ether oxygens (including phenoxy) is 1. The first-order valence-electron chi connectivity index (χ1n) is 15.1. The molecule has 8 nitrogen and oxygen atoms in total. The van der Waals surface area contributed by atoms with E-state index in [0.29, 0.717) is 23.0 Å². The summed E-state index contributed by atoms with van der Waals surface area (Å²) in [6, 6.07) is 28.5. The molecule has 0 heterocycles. The van der Waals surface area contributed by atoms with E-state index in [9.17, 15) is 18.0 Å². The Morgan fingerprint density at radius 2 is 1.48 bits per heavy atom. The van der Waals surface area contributed by atoms with Crippen LogP contribution in [0.25, 0.3) is 0 Å². The number of sulfonamides is 1. The average Bonchev–Trinajstić information content (AvgIpc) is 3.05. The van der Waals surface area contributed by atoms with Crippen LogP contribution in [0.15, 0.2) is 108 Å². The van der Waals surface area contributed by atoms with Crippen LogP contribution in [0, 0.1) is 12.8 Å². The fourth-order valence-corrected chi connectivity index (χ4v) is 6.42. The summed E-state index contributed by atoms with van der Waals surface area (Å²) in [6.07, 6.45) is 0.236. The van der Waals surface area contributed by atoms with Crippen LogP contribution >= 0.6 is 11.6 Å². The molecule has 0 saturated heterocycles. The first-order valence-corrected chi connectivity index (χ1v) is 16.9. The second-order valence-electron chi connectivity index (χ2n) is 11.5. The molecule has 242 valence electrons. The molecule has 2 amide bonds. The number of hydrogen-bond donors (Lipinski definition) is 1. The fourth-order valence-electron chi connectivity index (χ4n) is 4.88. The molecule has 0 spiro atoms. The zero-order chi connectivity index (χ0) is 33.3. The van der Waals surface area contributed by atoms with Gasteiger partial charge in [-0.15, -0.1) is 0 Å². The van der Waals surface area contributed by atoms with Gasteiger partial charge < -0.3 is 15.0 Å². The van der Waals surface area contributed by atoms with E-state index in [1.807, 2.05) is 51.1 Å². The van der Waals surface area contributed by atoms with Gasteiger partial charge in [0.2, 0.25) is 11.8 Å². The van der Waals surface area contributed by atoms with Gasteiger partial charge in [0.1, 0.15) is 18.3 Å². The summed E-state index contributed by atoms with van der Waals surface area (Å²) in [5.41, 5.74) is 2.87. The third kappa shape index (κ3) is 9.11. The number of benzene rings is 4. The van der Waals surface area contributed by atoms with Gasteiger partial charge in [-0.2, -0.15) is 0 Å². The summed E-state index contributed by atoms with van der Waals surface area (Å²) in [5, 5.41) is 3.53. The summed E-state index contributed by atoms with van der Waals surface area (Å²) in [5.74, 6) is -0.163. The van der Waals surface area contributed by atoms with E-state index in [-0.39, 0.29) is 29.7 Å². The van der Waals surface area contributed by atoms with Crippen molar-refractivity contribution in [3.63, 3.8) is 0 Å². The van der Waals surface area contributed by atoms with Crippen LogP contribution in [0.1, 0.15) is 30.5 Å². The van der Waals surface area contributed by atoms with Crippen LogP contribution in [-0.4, -0.2) is 51.4 Å². The molecule has 0 radical (unpaired) electrons. The lowest BCUT2D eigenvalue weighted by Crippen LogP contribution is -2.53. The molecule has 0 aliphatic heterocycles. The number of nitrogens with one attached hydrogen (secondary N) is 1. The topological polar surface area (TPSA) is 96.0 Å². The third-order valence-electron chi connectivity index (χ3n) is 7.47. The fraction of sp³-hybridized carbons (Fsp3) is 0.278. The maximum Gasteiger partial charge on any atom is 0.264 e. The van der Waals surface area contributed by atoms with E-state index in [1.165, 1.54) is 24.1 Å². The summed E-state index contributed by atoms with van der Waals surface area (Å²) >= 11 is 6.15. The highest BCUT2D eigenvalue weighted by molar-refractivity contribution is 7.92. The minimum absolute atomic E-state index is 0.00133. The molecule has 0 bridgehead atoms. The number of methoxy groups -OCH3 is 1. The quantitative estimate of drug-likeness (QED) is 0.172. The van der Waals surface area contributed by atoms with Gasteiger partial charge in [-0.05, 0) is 72.5 Å². The zero-order valence-electron chi connectivity index (χ0n) is 26.5. The minimum Gasteiger partial charge on any atom is -0.497 e. The van der Waals surface area contributed by atoms with Crippen molar-refractivity contribution in [2.45, 2.75) is 44.7 Å². The predicted octanol–water partition coefficient (Wildman–Crippen LogP) is 6.26. The normalized spacial score (nSPS) is 12.0. The van der Waals surface area contributed by atoms with Crippen molar-refractivity contribution in [2.75, 3.05) is 24.5 Å². The maximum absolute atomic E-state index is 14.5. The van der Waals surface area contributed by atoms with Gasteiger partial charge in [0.15, 0.2) is 0 Å². The van der Waals surface area contributed by atoms with E-state index in [4.69, 9.17) is 16.3 Å². The van der Waals surface area contributed by atoms with E-state index < -0.39 is 28.5 Å². The van der Waals surface area contributed by atoms with Gasteiger partial charge in [0.25, 0.3) is 10.0 Å². The smallest absolute Gasteiger partial charge is 0.264 e. The first-order chi connectivity index (χ1) is 22.0.